The first-order valence-corrected chi connectivity index (χ1v) is 7.97. The second-order valence-electron chi connectivity index (χ2n) is 5.71. The van der Waals surface area contributed by atoms with Gasteiger partial charge in [0.25, 0.3) is 0 Å². The van der Waals surface area contributed by atoms with Crippen LogP contribution in [-0.4, -0.2) is 30.0 Å². The average Bonchev–Trinajstić information content (AvgIpc) is 2.61. The first-order valence-electron chi connectivity index (χ1n) is 7.97. The van der Waals surface area contributed by atoms with E-state index in [1.807, 2.05) is 0 Å². The number of alkyl halides is 3. The second kappa shape index (κ2) is 9.13. The van der Waals surface area contributed by atoms with E-state index in [1.165, 1.54) is 19.1 Å². The number of rotatable bonds is 7. The molecule has 0 fully saturated rings. The molecule has 0 atom stereocenters. The average molecular weight is 381 g/mol. The molecule has 1 aromatic heterocycles. The summed E-state index contributed by atoms with van der Waals surface area (Å²) in [5.74, 6) is -1.09. The maximum absolute atomic E-state index is 12.9. The molecule has 0 spiro atoms. The molecule has 0 bridgehead atoms. The maximum Gasteiger partial charge on any atom is 0.416 e. The zero-order chi connectivity index (χ0) is 19.9. The number of halogens is 3. The zero-order valence-electron chi connectivity index (χ0n) is 14.5. The number of nitrogens with zero attached hydrogens (tertiary/aromatic N) is 1. The van der Waals surface area contributed by atoms with Gasteiger partial charge in [-0.3, -0.25) is 14.6 Å². The molecule has 2 aromatic rings. The zero-order valence-corrected chi connectivity index (χ0v) is 14.5. The highest BCUT2D eigenvalue weighted by molar-refractivity contribution is 5.92. The summed E-state index contributed by atoms with van der Waals surface area (Å²) in [6.45, 7) is 0.790. The highest BCUT2D eigenvalue weighted by atomic mass is 19.4. The van der Waals surface area contributed by atoms with Gasteiger partial charge in [0.15, 0.2) is 0 Å². The van der Waals surface area contributed by atoms with Gasteiger partial charge < -0.3 is 15.4 Å². The number of carbonyl (C=O) groups is 2. The number of ether oxygens (including phenoxy) is 1. The van der Waals surface area contributed by atoms with Crippen LogP contribution >= 0.6 is 0 Å². The van der Waals surface area contributed by atoms with E-state index in [4.69, 9.17) is 4.74 Å². The standard InChI is InChI=1S/C18H18F3N3O3/c1-12-4-5-14(7-15(12)18(19,20)21)24-17(26)11-27-10-16(25)23-9-13-3-2-6-22-8-13/h2-8H,9-11H2,1H3,(H,23,25)(H,24,26). The Morgan fingerprint density at radius 3 is 2.56 bits per heavy atom. The van der Waals surface area contributed by atoms with E-state index in [-0.39, 0.29) is 24.4 Å². The summed E-state index contributed by atoms with van der Waals surface area (Å²) in [7, 11) is 0. The van der Waals surface area contributed by atoms with Gasteiger partial charge >= 0.3 is 6.18 Å². The van der Waals surface area contributed by atoms with Crippen molar-refractivity contribution in [3.63, 3.8) is 0 Å². The summed E-state index contributed by atoms with van der Waals surface area (Å²) < 4.78 is 43.6. The van der Waals surface area contributed by atoms with E-state index in [0.29, 0.717) is 0 Å². The van der Waals surface area contributed by atoms with Crippen molar-refractivity contribution in [2.45, 2.75) is 19.6 Å². The highest BCUT2D eigenvalue weighted by Gasteiger charge is 2.32. The minimum atomic E-state index is -4.51. The Kier molecular flexibility index (Phi) is 6.89. The van der Waals surface area contributed by atoms with E-state index < -0.39 is 30.2 Å². The second-order valence-corrected chi connectivity index (χ2v) is 5.71. The third-order valence-corrected chi connectivity index (χ3v) is 3.51. The molecule has 2 N–H and O–H groups in total. The molecule has 1 aromatic carbocycles. The van der Waals surface area contributed by atoms with Gasteiger partial charge in [-0.2, -0.15) is 13.2 Å². The Morgan fingerprint density at radius 1 is 1.15 bits per heavy atom. The molecule has 0 aliphatic heterocycles. The molecule has 6 nitrogen and oxygen atoms in total. The van der Waals surface area contributed by atoms with Gasteiger partial charge in [0.1, 0.15) is 13.2 Å². The van der Waals surface area contributed by atoms with Crippen molar-refractivity contribution < 1.29 is 27.5 Å². The third kappa shape index (κ3) is 6.70. The number of carbonyl (C=O) groups excluding carboxylic acids is 2. The van der Waals surface area contributed by atoms with E-state index >= 15 is 0 Å². The number of anilines is 1. The largest absolute Gasteiger partial charge is 0.416 e. The Hall–Kier alpha value is -2.94. The van der Waals surface area contributed by atoms with Crippen LogP contribution in [0.4, 0.5) is 18.9 Å². The molecule has 27 heavy (non-hydrogen) atoms. The lowest BCUT2D eigenvalue weighted by Gasteiger charge is -2.13. The summed E-state index contributed by atoms with van der Waals surface area (Å²) in [6.07, 6.45) is -1.29. The van der Waals surface area contributed by atoms with E-state index in [2.05, 4.69) is 15.6 Å². The molecule has 0 saturated heterocycles. The topological polar surface area (TPSA) is 80.3 Å². The van der Waals surface area contributed by atoms with Crippen LogP contribution in [0, 0.1) is 6.92 Å². The molecular weight excluding hydrogens is 363 g/mol. The molecule has 0 radical (unpaired) electrons. The fourth-order valence-corrected chi connectivity index (χ4v) is 2.19. The van der Waals surface area contributed by atoms with E-state index in [0.717, 1.165) is 11.6 Å². The van der Waals surface area contributed by atoms with Gasteiger partial charge in [0.05, 0.1) is 5.56 Å². The van der Waals surface area contributed by atoms with Crippen LogP contribution in [0.3, 0.4) is 0 Å². The van der Waals surface area contributed by atoms with Crippen LogP contribution in [0.15, 0.2) is 42.7 Å². The van der Waals surface area contributed by atoms with E-state index in [9.17, 15) is 22.8 Å². The molecule has 2 rings (SSSR count). The van der Waals surface area contributed by atoms with Crippen LogP contribution in [-0.2, 0) is 27.0 Å². The van der Waals surface area contributed by atoms with Crippen molar-refractivity contribution in [2.24, 2.45) is 0 Å². The molecular formula is C18H18F3N3O3. The highest BCUT2D eigenvalue weighted by Crippen LogP contribution is 2.33. The van der Waals surface area contributed by atoms with Gasteiger partial charge in [-0.05, 0) is 36.2 Å². The number of hydrogen-bond donors (Lipinski definition) is 2. The number of aryl methyl sites for hydroxylation is 1. The fraction of sp³-hybridized carbons (Fsp3) is 0.278. The maximum atomic E-state index is 12.9. The first-order chi connectivity index (χ1) is 12.8. The Balaban J connectivity index is 1.75. The predicted octanol–water partition coefficient (Wildman–Crippen LogP) is 2.68. The third-order valence-electron chi connectivity index (χ3n) is 3.51. The number of pyridine rings is 1. The predicted molar refractivity (Wildman–Crippen MR) is 91.7 cm³/mol. The summed E-state index contributed by atoms with van der Waals surface area (Å²) in [5, 5.41) is 4.90. The molecule has 2 amide bonds. The molecule has 9 heteroatoms. The van der Waals surface area contributed by atoms with Gasteiger partial charge in [-0.15, -0.1) is 0 Å². The summed E-state index contributed by atoms with van der Waals surface area (Å²) in [4.78, 5) is 27.3. The van der Waals surface area contributed by atoms with Crippen molar-refractivity contribution in [3.8, 4) is 0 Å². The minimum absolute atomic E-state index is 0.00236. The lowest BCUT2D eigenvalue weighted by atomic mass is 10.1. The van der Waals surface area contributed by atoms with Crippen LogP contribution in [0.5, 0.6) is 0 Å². The Labute approximate surface area is 153 Å². The van der Waals surface area contributed by atoms with Crippen molar-refractivity contribution in [3.05, 3.63) is 59.4 Å². The molecule has 0 unspecified atom stereocenters. The molecule has 1 heterocycles. The normalized spacial score (nSPS) is 11.1. The van der Waals surface area contributed by atoms with Crippen LogP contribution in [0.1, 0.15) is 16.7 Å². The molecule has 144 valence electrons. The Morgan fingerprint density at radius 2 is 1.89 bits per heavy atom. The van der Waals surface area contributed by atoms with Crippen LogP contribution in [0.25, 0.3) is 0 Å². The van der Waals surface area contributed by atoms with Crippen molar-refractivity contribution in [1.29, 1.82) is 0 Å². The number of hydrogen-bond acceptors (Lipinski definition) is 4. The fourth-order valence-electron chi connectivity index (χ4n) is 2.19. The smallest absolute Gasteiger partial charge is 0.362 e. The molecule has 0 aliphatic rings. The minimum Gasteiger partial charge on any atom is -0.362 e. The SMILES string of the molecule is Cc1ccc(NC(=O)COCC(=O)NCc2cccnc2)cc1C(F)(F)F. The van der Waals surface area contributed by atoms with Crippen LogP contribution < -0.4 is 10.6 Å². The van der Waals surface area contributed by atoms with Crippen LogP contribution in [0.2, 0.25) is 0 Å². The summed E-state index contributed by atoms with van der Waals surface area (Å²) >= 11 is 0. The van der Waals surface area contributed by atoms with Crippen molar-refractivity contribution in [1.82, 2.24) is 10.3 Å². The number of nitrogens with one attached hydrogen (secondary N) is 2. The van der Waals surface area contributed by atoms with Gasteiger partial charge in [-0.1, -0.05) is 12.1 Å². The number of benzene rings is 1. The summed E-state index contributed by atoms with van der Waals surface area (Å²) in [5.41, 5.74) is 0.0454. The number of aromatic nitrogens is 1. The van der Waals surface area contributed by atoms with Crippen molar-refractivity contribution in [2.75, 3.05) is 18.5 Å². The lowest BCUT2D eigenvalue weighted by molar-refractivity contribution is -0.138. The van der Waals surface area contributed by atoms with Gasteiger partial charge in [0, 0.05) is 24.6 Å². The summed E-state index contributed by atoms with van der Waals surface area (Å²) in [6, 6.07) is 7.01. The first kappa shape index (κ1) is 20.4. The van der Waals surface area contributed by atoms with E-state index in [1.54, 1.807) is 24.5 Å². The lowest BCUT2D eigenvalue weighted by Crippen LogP contribution is -2.29. The Bertz CT molecular complexity index is 795. The van der Waals surface area contributed by atoms with Crippen molar-refractivity contribution >= 4 is 17.5 Å². The quantitative estimate of drug-likeness (QED) is 0.773. The molecule has 0 aliphatic carbocycles. The number of amides is 2. The molecule has 0 saturated carbocycles. The monoisotopic (exact) mass is 381 g/mol. The van der Waals surface area contributed by atoms with Gasteiger partial charge in [-0.25, -0.2) is 0 Å². The van der Waals surface area contributed by atoms with Gasteiger partial charge in [0.2, 0.25) is 11.8 Å².